The summed E-state index contributed by atoms with van der Waals surface area (Å²) in [5.41, 5.74) is 1.33. The van der Waals surface area contributed by atoms with Crippen molar-refractivity contribution in [1.29, 1.82) is 0 Å². The number of nitrogens with one attached hydrogen (secondary N) is 1. The van der Waals surface area contributed by atoms with Crippen LogP contribution in [0.2, 0.25) is 0 Å². The first-order valence-corrected chi connectivity index (χ1v) is 7.62. The van der Waals surface area contributed by atoms with Crippen molar-refractivity contribution in [2.45, 2.75) is 18.9 Å². The molecule has 4 rings (SSSR count). The Bertz CT molecular complexity index is 826. The lowest BCUT2D eigenvalue weighted by molar-refractivity contribution is 0.265. The fraction of sp³-hybridized carbons (Fsp3) is 0.400. The van der Waals surface area contributed by atoms with Gasteiger partial charge < -0.3 is 24.3 Å². The van der Waals surface area contributed by atoms with Crippen LogP contribution in [-0.2, 0) is 7.05 Å². The highest BCUT2D eigenvalue weighted by Gasteiger charge is 2.27. The van der Waals surface area contributed by atoms with Crippen LogP contribution in [0.1, 0.15) is 12.8 Å². The summed E-state index contributed by atoms with van der Waals surface area (Å²) in [7, 11) is 1.90. The summed E-state index contributed by atoms with van der Waals surface area (Å²) in [6.45, 7) is 0.952. The van der Waals surface area contributed by atoms with Gasteiger partial charge in [0.25, 0.3) is 0 Å². The molecule has 3 aromatic heterocycles. The molecule has 3 aromatic rings. The van der Waals surface area contributed by atoms with Gasteiger partial charge in [0.2, 0.25) is 5.95 Å². The molecule has 0 aliphatic carbocycles. The fourth-order valence-corrected chi connectivity index (χ4v) is 2.95. The highest BCUT2D eigenvalue weighted by Crippen LogP contribution is 2.29. The van der Waals surface area contributed by atoms with Crippen LogP contribution >= 0.6 is 0 Å². The lowest BCUT2D eigenvalue weighted by Crippen LogP contribution is -2.33. The molecule has 1 fully saturated rings. The molecule has 8 heteroatoms. The lowest BCUT2D eigenvalue weighted by Gasteiger charge is -2.23. The largest absolute Gasteiger partial charge is 0.459 e. The third-order valence-electron chi connectivity index (χ3n) is 4.09. The summed E-state index contributed by atoms with van der Waals surface area (Å²) >= 11 is 0. The molecule has 0 aromatic carbocycles. The third-order valence-corrected chi connectivity index (χ3v) is 4.09. The van der Waals surface area contributed by atoms with Crippen molar-refractivity contribution in [2.75, 3.05) is 23.4 Å². The van der Waals surface area contributed by atoms with Crippen LogP contribution in [-0.4, -0.2) is 43.8 Å². The minimum atomic E-state index is 0.0713. The molecule has 1 aliphatic rings. The van der Waals surface area contributed by atoms with E-state index < -0.39 is 0 Å². The minimum Gasteiger partial charge on any atom is -0.459 e. The number of hydrogen-bond acceptors (Lipinski definition) is 7. The summed E-state index contributed by atoms with van der Waals surface area (Å²) in [6.07, 6.45) is 7.16. The smallest absolute Gasteiger partial charge is 0.228 e. The van der Waals surface area contributed by atoms with E-state index >= 15 is 0 Å². The average molecular weight is 314 g/mol. The zero-order valence-corrected chi connectivity index (χ0v) is 12.8. The van der Waals surface area contributed by atoms with Crippen molar-refractivity contribution < 1.29 is 9.52 Å². The highest BCUT2D eigenvalue weighted by molar-refractivity contribution is 5.86. The van der Waals surface area contributed by atoms with E-state index in [1.807, 2.05) is 23.9 Å². The van der Waals surface area contributed by atoms with E-state index in [-0.39, 0.29) is 12.6 Å². The number of anilines is 3. The van der Waals surface area contributed by atoms with Crippen LogP contribution in [0.3, 0.4) is 0 Å². The molecule has 0 amide bonds. The highest BCUT2D eigenvalue weighted by atomic mass is 16.3. The van der Waals surface area contributed by atoms with E-state index in [1.54, 1.807) is 12.6 Å². The predicted octanol–water partition coefficient (Wildman–Crippen LogP) is 1.66. The molecule has 0 spiro atoms. The van der Waals surface area contributed by atoms with Crippen molar-refractivity contribution in [3.05, 3.63) is 24.9 Å². The Balaban J connectivity index is 1.75. The zero-order chi connectivity index (χ0) is 15.8. The molecular weight excluding hydrogens is 296 g/mol. The van der Waals surface area contributed by atoms with Crippen LogP contribution < -0.4 is 10.2 Å². The van der Waals surface area contributed by atoms with Gasteiger partial charge in [0.1, 0.15) is 11.3 Å². The minimum absolute atomic E-state index is 0.0713. The van der Waals surface area contributed by atoms with Crippen molar-refractivity contribution in [3.8, 4) is 0 Å². The number of imidazole rings is 1. The first-order chi connectivity index (χ1) is 11.2. The normalized spacial score (nSPS) is 18.0. The number of furan rings is 1. The molecule has 4 heterocycles. The summed E-state index contributed by atoms with van der Waals surface area (Å²) < 4.78 is 7.36. The predicted molar refractivity (Wildman–Crippen MR) is 85.7 cm³/mol. The maximum absolute atomic E-state index is 9.53. The van der Waals surface area contributed by atoms with E-state index in [1.165, 1.54) is 0 Å². The second-order valence-corrected chi connectivity index (χ2v) is 5.73. The summed E-state index contributed by atoms with van der Waals surface area (Å²) in [4.78, 5) is 15.5. The van der Waals surface area contributed by atoms with Crippen molar-refractivity contribution in [2.24, 2.45) is 7.05 Å². The van der Waals surface area contributed by atoms with Gasteiger partial charge in [-0.1, -0.05) is 0 Å². The number of rotatable bonds is 4. The Kier molecular flexibility index (Phi) is 3.38. The lowest BCUT2D eigenvalue weighted by atomic mass is 10.2. The standard InChI is InChI=1S/C15H18N6O2/c1-20-7-12(16-9-20)18-14-13-11(4-6-23-13)17-15(19-14)21-5-2-3-10(21)8-22/h4,6-7,9-10,22H,2-3,5,8H2,1H3,(H,17,18,19)/t10-/m1/s1. The molecule has 0 radical (unpaired) electrons. The third kappa shape index (κ3) is 2.50. The van der Waals surface area contributed by atoms with Gasteiger partial charge in [-0.15, -0.1) is 0 Å². The average Bonchev–Trinajstić information content (AvgIpc) is 3.26. The molecule has 0 saturated carbocycles. The topological polar surface area (TPSA) is 92.2 Å². The van der Waals surface area contributed by atoms with Gasteiger partial charge in [0, 0.05) is 25.9 Å². The van der Waals surface area contributed by atoms with Crippen molar-refractivity contribution in [1.82, 2.24) is 19.5 Å². The number of aliphatic hydroxyl groups is 1. The van der Waals surface area contributed by atoms with E-state index in [9.17, 15) is 5.11 Å². The van der Waals surface area contributed by atoms with Crippen LogP contribution in [0, 0.1) is 0 Å². The van der Waals surface area contributed by atoms with Crippen LogP contribution in [0.25, 0.3) is 11.1 Å². The number of aliphatic hydroxyl groups excluding tert-OH is 1. The van der Waals surface area contributed by atoms with Gasteiger partial charge in [-0.05, 0) is 12.8 Å². The van der Waals surface area contributed by atoms with Gasteiger partial charge in [-0.2, -0.15) is 4.98 Å². The van der Waals surface area contributed by atoms with Gasteiger partial charge in [-0.3, -0.25) is 0 Å². The molecular formula is C15H18N6O2. The Morgan fingerprint density at radius 3 is 3.13 bits per heavy atom. The summed E-state index contributed by atoms with van der Waals surface area (Å²) in [5.74, 6) is 1.88. The van der Waals surface area contributed by atoms with Gasteiger partial charge >= 0.3 is 0 Å². The molecule has 8 nitrogen and oxygen atoms in total. The Morgan fingerprint density at radius 2 is 2.35 bits per heavy atom. The van der Waals surface area contributed by atoms with Gasteiger partial charge in [0.05, 0.1) is 25.2 Å². The first kappa shape index (κ1) is 14.0. The SMILES string of the molecule is Cn1cnc(Nc2nc(N3CCC[C@@H]3CO)nc3ccoc23)c1. The Labute approximate surface area is 132 Å². The van der Waals surface area contributed by atoms with Crippen LogP contribution in [0.15, 0.2) is 29.3 Å². The van der Waals surface area contributed by atoms with Gasteiger partial charge in [0.15, 0.2) is 11.4 Å². The number of aromatic nitrogens is 4. The number of nitrogens with zero attached hydrogens (tertiary/aromatic N) is 5. The first-order valence-electron chi connectivity index (χ1n) is 7.62. The quantitative estimate of drug-likeness (QED) is 0.756. The Morgan fingerprint density at radius 1 is 1.43 bits per heavy atom. The molecule has 1 aliphatic heterocycles. The zero-order valence-electron chi connectivity index (χ0n) is 12.8. The van der Waals surface area contributed by atoms with Crippen LogP contribution in [0.4, 0.5) is 17.6 Å². The molecule has 0 unspecified atom stereocenters. The second kappa shape index (κ2) is 5.54. The second-order valence-electron chi connectivity index (χ2n) is 5.73. The van der Waals surface area contributed by atoms with E-state index in [2.05, 4.69) is 25.2 Å². The fourth-order valence-electron chi connectivity index (χ4n) is 2.95. The maximum atomic E-state index is 9.53. The molecule has 1 saturated heterocycles. The van der Waals surface area contributed by atoms with E-state index in [0.717, 1.165) is 24.9 Å². The van der Waals surface area contributed by atoms with Crippen molar-refractivity contribution >= 4 is 28.7 Å². The molecule has 0 bridgehead atoms. The number of hydrogen-bond donors (Lipinski definition) is 2. The summed E-state index contributed by atoms with van der Waals surface area (Å²) in [6, 6.07) is 1.88. The van der Waals surface area contributed by atoms with E-state index in [4.69, 9.17) is 4.42 Å². The van der Waals surface area contributed by atoms with Crippen LogP contribution in [0.5, 0.6) is 0 Å². The van der Waals surface area contributed by atoms with Gasteiger partial charge in [-0.25, -0.2) is 9.97 Å². The molecule has 1 atom stereocenters. The Hall–Kier alpha value is -2.61. The number of aryl methyl sites for hydroxylation is 1. The van der Waals surface area contributed by atoms with Crippen molar-refractivity contribution in [3.63, 3.8) is 0 Å². The molecule has 120 valence electrons. The summed E-state index contributed by atoms with van der Waals surface area (Å²) in [5, 5.41) is 12.7. The molecule has 2 N–H and O–H groups in total. The maximum Gasteiger partial charge on any atom is 0.228 e. The van der Waals surface area contributed by atoms with E-state index in [0.29, 0.717) is 23.2 Å². The molecule has 23 heavy (non-hydrogen) atoms. The monoisotopic (exact) mass is 314 g/mol. The number of fused-ring (bicyclic) bond motifs is 1.